The van der Waals surface area contributed by atoms with Gasteiger partial charge in [0, 0.05) is 0 Å². The maximum Gasteiger partial charge on any atom is 0.344 e. The van der Waals surface area contributed by atoms with E-state index >= 15 is 0 Å². The number of hydrogen-bond acceptors (Lipinski definition) is 6. The predicted octanol–water partition coefficient (Wildman–Crippen LogP) is 2.77. The van der Waals surface area contributed by atoms with Crippen LogP contribution in [0.1, 0.15) is 19.4 Å². The molecule has 0 aliphatic carbocycles. The second kappa shape index (κ2) is 9.40. The molecule has 3 rings (SSSR count). The van der Waals surface area contributed by atoms with Gasteiger partial charge in [0.2, 0.25) is 0 Å². The van der Waals surface area contributed by atoms with Gasteiger partial charge in [0.25, 0.3) is 11.8 Å². The van der Waals surface area contributed by atoms with Crippen LogP contribution in [-0.2, 0) is 14.4 Å². The highest BCUT2D eigenvalue weighted by Crippen LogP contribution is 2.25. The second-order valence-corrected chi connectivity index (χ2v) is 6.94. The molecule has 160 valence electrons. The maximum atomic E-state index is 13.0. The number of carbonyl (C=O) groups is 3. The van der Waals surface area contributed by atoms with E-state index in [0.717, 1.165) is 0 Å². The van der Waals surface area contributed by atoms with E-state index in [1.165, 1.54) is 17.9 Å². The van der Waals surface area contributed by atoms with Crippen molar-refractivity contribution in [2.75, 3.05) is 11.5 Å². The van der Waals surface area contributed by atoms with Crippen molar-refractivity contribution in [1.82, 2.24) is 5.32 Å². The van der Waals surface area contributed by atoms with Crippen molar-refractivity contribution in [3.8, 4) is 11.5 Å². The van der Waals surface area contributed by atoms with Crippen LogP contribution in [0.2, 0.25) is 0 Å². The van der Waals surface area contributed by atoms with E-state index in [9.17, 15) is 14.4 Å². The third-order valence-electron chi connectivity index (χ3n) is 4.36. The molecule has 31 heavy (non-hydrogen) atoms. The molecule has 2 amide bonds. The van der Waals surface area contributed by atoms with Crippen molar-refractivity contribution >= 4 is 46.9 Å². The van der Waals surface area contributed by atoms with Crippen LogP contribution >= 0.6 is 12.2 Å². The number of benzene rings is 2. The second-order valence-electron chi connectivity index (χ2n) is 6.55. The largest absolute Gasteiger partial charge is 0.494 e. The minimum Gasteiger partial charge on any atom is -0.494 e. The van der Waals surface area contributed by atoms with Gasteiger partial charge in [-0.2, -0.15) is 0 Å². The summed E-state index contributed by atoms with van der Waals surface area (Å²) in [5.41, 5.74) is 0.971. The Morgan fingerprint density at radius 1 is 1.13 bits per heavy atom. The van der Waals surface area contributed by atoms with Gasteiger partial charge < -0.3 is 14.6 Å². The van der Waals surface area contributed by atoms with Crippen LogP contribution in [0.25, 0.3) is 6.08 Å². The minimum atomic E-state index is -1.08. The Morgan fingerprint density at radius 3 is 2.32 bits per heavy atom. The van der Waals surface area contributed by atoms with Gasteiger partial charge in [-0.05, 0) is 74.1 Å². The lowest BCUT2D eigenvalue weighted by Gasteiger charge is -2.29. The maximum absolute atomic E-state index is 13.0. The molecule has 1 atom stereocenters. The Balaban J connectivity index is 1.84. The van der Waals surface area contributed by atoms with Gasteiger partial charge in [-0.25, -0.2) is 4.79 Å². The molecule has 1 heterocycles. The van der Waals surface area contributed by atoms with Gasteiger partial charge in [0.15, 0.2) is 11.2 Å². The molecule has 1 aliphatic rings. The van der Waals surface area contributed by atoms with Crippen LogP contribution in [0.3, 0.4) is 0 Å². The fraction of sp³-hybridized carbons (Fsp3) is 0.182. The number of carboxylic acid groups (broad SMARTS) is 1. The van der Waals surface area contributed by atoms with Crippen LogP contribution in [-0.4, -0.2) is 40.7 Å². The number of ether oxygens (including phenoxy) is 2. The fourth-order valence-electron chi connectivity index (χ4n) is 2.81. The van der Waals surface area contributed by atoms with E-state index in [4.69, 9.17) is 26.8 Å². The first-order valence-corrected chi connectivity index (χ1v) is 9.85. The highest BCUT2D eigenvalue weighted by molar-refractivity contribution is 7.80. The summed E-state index contributed by atoms with van der Waals surface area (Å²) in [7, 11) is 0. The summed E-state index contributed by atoms with van der Waals surface area (Å²) in [6.45, 7) is 3.80. The summed E-state index contributed by atoms with van der Waals surface area (Å²) in [6, 6.07) is 13.1. The molecule has 1 fully saturated rings. The zero-order chi connectivity index (χ0) is 22.5. The van der Waals surface area contributed by atoms with Gasteiger partial charge in [-0.15, -0.1) is 0 Å². The van der Waals surface area contributed by atoms with Crippen molar-refractivity contribution in [1.29, 1.82) is 0 Å². The number of anilines is 1. The van der Waals surface area contributed by atoms with E-state index in [1.54, 1.807) is 48.5 Å². The molecular weight excluding hydrogens is 420 g/mol. The van der Waals surface area contributed by atoms with Gasteiger partial charge >= 0.3 is 5.97 Å². The summed E-state index contributed by atoms with van der Waals surface area (Å²) in [5, 5.41) is 11.4. The Labute approximate surface area is 184 Å². The molecule has 0 unspecified atom stereocenters. The topological polar surface area (TPSA) is 105 Å². The monoisotopic (exact) mass is 440 g/mol. The van der Waals surface area contributed by atoms with Crippen molar-refractivity contribution in [3.05, 3.63) is 59.7 Å². The summed E-state index contributed by atoms with van der Waals surface area (Å²) < 4.78 is 10.7. The number of hydrogen-bond donors (Lipinski definition) is 2. The summed E-state index contributed by atoms with van der Waals surface area (Å²) in [5.74, 6) is -1.23. The Bertz CT molecular complexity index is 1050. The molecule has 0 saturated carbocycles. The lowest BCUT2D eigenvalue weighted by atomic mass is 10.1. The van der Waals surface area contributed by atoms with Crippen LogP contribution in [0.4, 0.5) is 5.69 Å². The van der Waals surface area contributed by atoms with Gasteiger partial charge in [0.1, 0.15) is 17.1 Å². The fourth-order valence-corrected chi connectivity index (χ4v) is 3.09. The molecule has 2 aromatic rings. The van der Waals surface area contributed by atoms with Crippen molar-refractivity contribution in [2.24, 2.45) is 0 Å². The van der Waals surface area contributed by atoms with Crippen molar-refractivity contribution in [3.63, 3.8) is 0 Å². The third kappa shape index (κ3) is 5.07. The SMILES string of the molecule is CCOc1ccc(N2C(=O)/C(=C/c3ccc(O[C@@H](C)C(=O)O)cc3)C(=O)NC2=S)cc1. The average Bonchev–Trinajstić information content (AvgIpc) is 2.73. The minimum absolute atomic E-state index is 0.0114. The van der Waals surface area contributed by atoms with E-state index in [2.05, 4.69) is 5.32 Å². The summed E-state index contributed by atoms with van der Waals surface area (Å²) in [4.78, 5) is 37.6. The Kier molecular flexibility index (Phi) is 6.66. The zero-order valence-corrected chi connectivity index (χ0v) is 17.6. The molecule has 1 aliphatic heterocycles. The zero-order valence-electron chi connectivity index (χ0n) is 16.8. The first-order valence-electron chi connectivity index (χ1n) is 9.44. The molecule has 9 heteroatoms. The first kappa shape index (κ1) is 22.0. The van der Waals surface area contributed by atoms with Gasteiger partial charge in [-0.3, -0.25) is 19.8 Å². The molecule has 2 aromatic carbocycles. The number of nitrogens with zero attached hydrogens (tertiary/aromatic N) is 1. The lowest BCUT2D eigenvalue weighted by Crippen LogP contribution is -2.54. The molecule has 8 nitrogen and oxygen atoms in total. The average molecular weight is 440 g/mol. The van der Waals surface area contributed by atoms with Crippen LogP contribution in [0, 0.1) is 0 Å². The van der Waals surface area contributed by atoms with Gasteiger partial charge in [-0.1, -0.05) is 12.1 Å². The first-order chi connectivity index (χ1) is 14.8. The molecule has 0 aromatic heterocycles. The highest BCUT2D eigenvalue weighted by atomic mass is 32.1. The number of aliphatic carboxylic acids is 1. The molecule has 2 N–H and O–H groups in total. The number of nitrogens with one attached hydrogen (secondary N) is 1. The van der Waals surface area contributed by atoms with Crippen molar-refractivity contribution < 1.29 is 29.0 Å². The molecule has 0 radical (unpaired) electrons. The van der Waals surface area contributed by atoms with E-state index in [-0.39, 0.29) is 10.7 Å². The van der Waals surface area contributed by atoms with Crippen LogP contribution in [0.15, 0.2) is 54.1 Å². The third-order valence-corrected chi connectivity index (χ3v) is 4.64. The molecule has 1 saturated heterocycles. The van der Waals surface area contributed by atoms with E-state index in [1.807, 2.05) is 6.92 Å². The Hall–Kier alpha value is -3.72. The van der Waals surface area contributed by atoms with Crippen molar-refractivity contribution in [2.45, 2.75) is 20.0 Å². The molecule has 0 spiro atoms. The van der Waals surface area contributed by atoms with E-state index < -0.39 is 23.9 Å². The summed E-state index contributed by atoms with van der Waals surface area (Å²) >= 11 is 5.19. The normalized spacial score (nSPS) is 16.1. The quantitative estimate of drug-likeness (QED) is 0.387. The van der Waals surface area contributed by atoms with Crippen LogP contribution < -0.4 is 19.7 Å². The number of carbonyl (C=O) groups excluding carboxylic acids is 2. The highest BCUT2D eigenvalue weighted by Gasteiger charge is 2.34. The molecular formula is C22H20N2O6S. The number of rotatable bonds is 7. The predicted molar refractivity (Wildman–Crippen MR) is 118 cm³/mol. The number of amides is 2. The standard InChI is InChI=1S/C22H20N2O6S/c1-3-29-16-10-6-15(7-11-16)24-20(26)18(19(25)23-22(24)31)12-14-4-8-17(9-5-14)30-13(2)21(27)28/h4-13H,3H2,1-2H3,(H,27,28)(H,23,25,31)/b18-12+/t13-/m0/s1. The number of thiocarbonyl (C=S) groups is 1. The summed E-state index contributed by atoms with van der Waals surface area (Å²) in [6.07, 6.45) is 0.435. The van der Waals surface area contributed by atoms with Gasteiger partial charge in [0.05, 0.1) is 12.3 Å². The van der Waals surface area contributed by atoms with Crippen LogP contribution in [0.5, 0.6) is 11.5 Å². The number of carboxylic acids is 1. The Morgan fingerprint density at radius 2 is 1.74 bits per heavy atom. The lowest BCUT2D eigenvalue weighted by molar-refractivity contribution is -0.144. The van der Waals surface area contributed by atoms with E-state index in [0.29, 0.717) is 29.4 Å². The smallest absolute Gasteiger partial charge is 0.344 e. The molecule has 0 bridgehead atoms.